The van der Waals surface area contributed by atoms with E-state index in [0.29, 0.717) is 15.7 Å². The monoisotopic (exact) mass is 286 g/mol. The minimum absolute atomic E-state index is 0.485. The van der Waals surface area contributed by atoms with Crippen molar-refractivity contribution in [1.82, 2.24) is 0 Å². The third-order valence-electron chi connectivity index (χ3n) is 4.47. The number of hydrogen-bond acceptors (Lipinski definition) is 1. The average Bonchev–Trinajstić information content (AvgIpc) is 2.53. The van der Waals surface area contributed by atoms with Crippen molar-refractivity contribution in [2.24, 2.45) is 16.7 Å². The second-order valence-electron chi connectivity index (χ2n) is 5.72. The Morgan fingerprint density at radius 2 is 1.93 bits per heavy atom. The molecule has 2 heteroatoms. The summed E-state index contributed by atoms with van der Waals surface area (Å²) in [4.78, 5) is 2.12. The zero-order valence-electron chi connectivity index (χ0n) is 9.88. The first kappa shape index (κ1) is 11.7. The summed E-state index contributed by atoms with van der Waals surface area (Å²) in [7, 11) is 0. The largest absolute Gasteiger partial charge is 0.149 e. The quantitative estimate of drug-likeness (QED) is 0.705. The molecule has 1 aromatic rings. The van der Waals surface area contributed by atoms with E-state index in [0.717, 1.165) is 5.92 Å². The van der Waals surface area contributed by atoms with Crippen LogP contribution in [-0.4, -0.2) is 4.83 Å². The van der Waals surface area contributed by atoms with Gasteiger partial charge in [0.2, 0.25) is 0 Å². The lowest BCUT2D eigenvalue weighted by molar-refractivity contribution is 0.457. The fourth-order valence-corrected chi connectivity index (χ4v) is 5.54. The van der Waals surface area contributed by atoms with Crippen LogP contribution in [-0.2, 0) is 6.42 Å². The first-order chi connectivity index (χ1) is 6.87. The maximum Gasteiger partial charge on any atom is 0.0232 e. The lowest BCUT2D eigenvalue weighted by atomic mass is 10.0. The van der Waals surface area contributed by atoms with E-state index in [1.54, 1.807) is 0 Å². The molecule has 0 nitrogen and oxygen atoms in total. The van der Waals surface area contributed by atoms with Crippen molar-refractivity contribution in [1.29, 1.82) is 0 Å². The molecular formula is C13H19BrS. The Kier molecular flexibility index (Phi) is 2.79. The summed E-state index contributed by atoms with van der Waals surface area (Å²) in [6.07, 6.45) is 1.18. The maximum atomic E-state index is 3.88. The van der Waals surface area contributed by atoms with Gasteiger partial charge in [-0.15, -0.1) is 11.3 Å². The molecule has 0 aliphatic heterocycles. The fraction of sp³-hybridized carbons (Fsp3) is 0.692. The zero-order valence-corrected chi connectivity index (χ0v) is 12.3. The summed E-state index contributed by atoms with van der Waals surface area (Å²) < 4.78 is 0. The topological polar surface area (TPSA) is 0 Å². The summed E-state index contributed by atoms with van der Waals surface area (Å²) in [5.41, 5.74) is 0.969. The molecule has 0 amide bonds. The number of alkyl halides is 1. The third-order valence-corrected chi connectivity index (χ3v) is 6.22. The van der Waals surface area contributed by atoms with Crippen molar-refractivity contribution in [2.75, 3.05) is 0 Å². The molecule has 1 aromatic heterocycles. The van der Waals surface area contributed by atoms with Crippen LogP contribution in [0, 0.1) is 16.7 Å². The molecule has 15 heavy (non-hydrogen) atoms. The van der Waals surface area contributed by atoms with E-state index < -0.39 is 0 Å². The molecule has 1 aliphatic rings. The van der Waals surface area contributed by atoms with Crippen LogP contribution in [0.3, 0.4) is 0 Å². The highest BCUT2D eigenvalue weighted by molar-refractivity contribution is 9.09. The summed E-state index contributed by atoms with van der Waals surface area (Å²) >= 11 is 5.75. The smallest absolute Gasteiger partial charge is 0.0232 e. The highest BCUT2D eigenvalue weighted by atomic mass is 79.9. The lowest BCUT2D eigenvalue weighted by Gasteiger charge is -2.10. The van der Waals surface area contributed by atoms with Gasteiger partial charge < -0.3 is 0 Å². The van der Waals surface area contributed by atoms with Crippen molar-refractivity contribution in [3.05, 3.63) is 22.4 Å². The molecule has 0 saturated heterocycles. The van der Waals surface area contributed by atoms with Crippen LogP contribution in [0.5, 0.6) is 0 Å². The van der Waals surface area contributed by atoms with Crippen molar-refractivity contribution >= 4 is 27.3 Å². The van der Waals surface area contributed by atoms with E-state index in [1.165, 1.54) is 11.3 Å². The van der Waals surface area contributed by atoms with Gasteiger partial charge in [-0.05, 0) is 34.6 Å². The lowest BCUT2D eigenvalue weighted by Crippen LogP contribution is -2.09. The summed E-state index contributed by atoms with van der Waals surface area (Å²) in [5, 5.41) is 2.16. The van der Waals surface area contributed by atoms with Gasteiger partial charge in [0.25, 0.3) is 0 Å². The van der Waals surface area contributed by atoms with Gasteiger partial charge >= 0.3 is 0 Å². The molecule has 2 rings (SSSR count). The van der Waals surface area contributed by atoms with Crippen LogP contribution in [0.4, 0.5) is 0 Å². The Balaban J connectivity index is 2.02. The first-order valence-electron chi connectivity index (χ1n) is 5.54. The first-order valence-corrected chi connectivity index (χ1v) is 7.33. The van der Waals surface area contributed by atoms with E-state index in [2.05, 4.69) is 61.1 Å². The SMILES string of the molecule is CC1(C)C(C(Br)Cc2cccs2)C1(C)C. The Morgan fingerprint density at radius 3 is 2.33 bits per heavy atom. The average molecular weight is 287 g/mol. The minimum Gasteiger partial charge on any atom is -0.149 e. The van der Waals surface area contributed by atoms with Gasteiger partial charge in [-0.2, -0.15) is 0 Å². The van der Waals surface area contributed by atoms with Crippen LogP contribution >= 0.6 is 27.3 Å². The molecule has 0 radical (unpaired) electrons. The molecule has 0 spiro atoms. The molecule has 1 fully saturated rings. The van der Waals surface area contributed by atoms with E-state index in [1.807, 2.05) is 11.3 Å². The molecule has 1 saturated carbocycles. The second kappa shape index (κ2) is 3.59. The second-order valence-corrected chi connectivity index (χ2v) is 7.93. The number of thiophene rings is 1. The third kappa shape index (κ3) is 1.80. The standard InChI is InChI=1S/C13H19BrS/c1-12(2)11(13(12,3)4)10(14)8-9-6-5-7-15-9/h5-7,10-11H,8H2,1-4H3. The van der Waals surface area contributed by atoms with E-state index in [9.17, 15) is 0 Å². The van der Waals surface area contributed by atoms with Gasteiger partial charge in [0.05, 0.1) is 0 Å². The van der Waals surface area contributed by atoms with Crippen molar-refractivity contribution in [2.45, 2.75) is 38.9 Å². The Morgan fingerprint density at radius 1 is 1.33 bits per heavy atom. The molecule has 1 atom stereocenters. The fourth-order valence-electron chi connectivity index (χ4n) is 2.89. The van der Waals surface area contributed by atoms with Gasteiger partial charge in [-0.3, -0.25) is 0 Å². The molecular weight excluding hydrogens is 268 g/mol. The molecule has 0 bridgehead atoms. The van der Waals surface area contributed by atoms with Gasteiger partial charge in [0, 0.05) is 9.70 Å². The van der Waals surface area contributed by atoms with Crippen LogP contribution in [0.2, 0.25) is 0 Å². The number of hydrogen-bond donors (Lipinski definition) is 0. The number of rotatable bonds is 3. The van der Waals surface area contributed by atoms with Crippen molar-refractivity contribution in [3.63, 3.8) is 0 Å². The number of halogens is 1. The maximum absolute atomic E-state index is 3.88. The molecule has 0 aromatic carbocycles. The van der Waals surface area contributed by atoms with Gasteiger partial charge in [0.15, 0.2) is 0 Å². The summed E-state index contributed by atoms with van der Waals surface area (Å²) in [6, 6.07) is 4.38. The Bertz CT molecular complexity index is 323. The Hall–Kier alpha value is 0.180. The summed E-state index contributed by atoms with van der Waals surface area (Å²) in [5.74, 6) is 0.798. The molecule has 1 aliphatic carbocycles. The zero-order chi connectivity index (χ0) is 11.3. The van der Waals surface area contributed by atoms with E-state index >= 15 is 0 Å². The highest BCUT2D eigenvalue weighted by Crippen LogP contribution is 2.71. The Labute approximate surface area is 105 Å². The van der Waals surface area contributed by atoms with Crippen LogP contribution in [0.25, 0.3) is 0 Å². The molecule has 1 heterocycles. The van der Waals surface area contributed by atoms with E-state index in [4.69, 9.17) is 0 Å². The van der Waals surface area contributed by atoms with Crippen LogP contribution in [0.1, 0.15) is 32.6 Å². The van der Waals surface area contributed by atoms with Crippen LogP contribution < -0.4 is 0 Å². The van der Waals surface area contributed by atoms with Gasteiger partial charge in [-0.1, -0.05) is 49.7 Å². The van der Waals surface area contributed by atoms with E-state index in [-0.39, 0.29) is 0 Å². The van der Waals surface area contributed by atoms with Gasteiger partial charge in [-0.25, -0.2) is 0 Å². The molecule has 1 unspecified atom stereocenters. The molecule has 84 valence electrons. The molecule has 0 N–H and O–H groups in total. The summed E-state index contributed by atoms with van der Waals surface area (Å²) in [6.45, 7) is 9.56. The predicted octanol–water partition coefficient (Wildman–Crippen LogP) is 4.74. The minimum atomic E-state index is 0.485. The van der Waals surface area contributed by atoms with Crippen LogP contribution in [0.15, 0.2) is 17.5 Å². The van der Waals surface area contributed by atoms with Gasteiger partial charge in [0.1, 0.15) is 0 Å². The van der Waals surface area contributed by atoms with Crippen molar-refractivity contribution < 1.29 is 0 Å². The normalized spacial score (nSPS) is 25.1. The predicted molar refractivity (Wildman–Crippen MR) is 71.8 cm³/mol. The highest BCUT2D eigenvalue weighted by Gasteiger charge is 2.66. The van der Waals surface area contributed by atoms with Crippen molar-refractivity contribution in [3.8, 4) is 0 Å².